The fraction of sp³-hybridized carbons (Fsp3) is 0.222. The van der Waals surface area contributed by atoms with Gasteiger partial charge in [0.25, 0.3) is 0 Å². The van der Waals surface area contributed by atoms with Gasteiger partial charge in [-0.15, -0.1) is 0 Å². The van der Waals surface area contributed by atoms with E-state index < -0.39 is 23.4 Å². The highest BCUT2D eigenvalue weighted by Crippen LogP contribution is 2.20. The Bertz CT molecular complexity index is 781. The lowest BCUT2D eigenvalue weighted by Crippen LogP contribution is -2.38. The van der Waals surface area contributed by atoms with Gasteiger partial charge < -0.3 is 10.2 Å². The fourth-order valence-electron chi connectivity index (χ4n) is 2.35. The third-order valence-electron chi connectivity index (χ3n) is 3.49. The Labute approximate surface area is 143 Å². The first kappa shape index (κ1) is 18.5. The number of hydrogen-bond acceptors (Lipinski definition) is 2. The van der Waals surface area contributed by atoms with Gasteiger partial charge in [0, 0.05) is 26.1 Å². The summed E-state index contributed by atoms with van der Waals surface area (Å²) in [6.45, 7) is 1.34. The topological polar surface area (TPSA) is 49.4 Å². The van der Waals surface area contributed by atoms with E-state index in [1.807, 2.05) is 0 Å². The van der Waals surface area contributed by atoms with Crippen molar-refractivity contribution in [3.05, 3.63) is 65.5 Å². The minimum Gasteiger partial charge on any atom is -0.354 e. The van der Waals surface area contributed by atoms with Crippen molar-refractivity contribution in [1.82, 2.24) is 5.32 Å². The molecule has 0 heterocycles. The van der Waals surface area contributed by atoms with Crippen molar-refractivity contribution in [3.63, 3.8) is 0 Å². The summed E-state index contributed by atoms with van der Waals surface area (Å²) in [5.41, 5.74) is 0.457. The van der Waals surface area contributed by atoms with Crippen LogP contribution in [-0.4, -0.2) is 24.9 Å². The Morgan fingerprint density at radius 3 is 2.40 bits per heavy atom. The Hall–Kier alpha value is -2.83. The maximum absolute atomic E-state index is 13.8. The molecule has 0 aliphatic heterocycles. The molecule has 1 N–H and O–H groups in total. The summed E-state index contributed by atoms with van der Waals surface area (Å²) in [6, 6.07) is 8.58. The molecule has 0 spiro atoms. The van der Waals surface area contributed by atoms with Crippen LogP contribution in [-0.2, 0) is 16.0 Å². The highest BCUT2D eigenvalue weighted by Gasteiger charge is 2.16. The van der Waals surface area contributed by atoms with E-state index in [2.05, 4.69) is 5.32 Å². The Morgan fingerprint density at radius 1 is 1.04 bits per heavy atom. The molecule has 0 atom stereocenters. The quantitative estimate of drug-likeness (QED) is 0.871. The summed E-state index contributed by atoms with van der Waals surface area (Å²) in [5, 5.41) is 2.58. The Morgan fingerprint density at radius 2 is 1.76 bits per heavy atom. The summed E-state index contributed by atoms with van der Waals surface area (Å²) in [5.74, 6) is -2.83. The third kappa shape index (κ3) is 5.34. The molecule has 7 heteroatoms. The number of anilines is 1. The van der Waals surface area contributed by atoms with E-state index in [9.17, 15) is 22.8 Å². The maximum atomic E-state index is 13.8. The fourth-order valence-corrected chi connectivity index (χ4v) is 2.35. The largest absolute Gasteiger partial charge is 0.354 e. The lowest BCUT2D eigenvalue weighted by atomic mass is 10.1. The molecule has 2 amide bonds. The van der Waals surface area contributed by atoms with E-state index in [1.165, 1.54) is 31.2 Å². The number of carbonyl (C=O) groups is 2. The molecule has 2 aromatic rings. The summed E-state index contributed by atoms with van der Waals surface area (Å²) >= 11 is 0. The van der Waals surface area contributed by atoms with E-state index in [0.29, 0.717) is 11.6 Å². The molecule has 2 aromatic carbocycles. The van der Waals surface area contributed by atoms with Crippen molar-refractivity contribution in [2.45, 2.75) is 13.3 Å². The van der Waals surface area contributed by atoms with Crippen LogP contribution in [0.2, 0.25) is 0 Å². The van der Waals surface area contributed by atoms with Gasteiger partial charge >= 0.3 is 0 Å². The molecule has 0 saturated carbocycles. The number of nitrogens with zero attached hydrogens (tertiary/aromatic N) is 1. The molecule has 0 saturated heterocycles. The second-order valence-electron chi connectivity index (χ2n) is 5.42. The molecule has 4 nitrogen and oxygen atoms in total. The highest BCUT2D eigenvalue weighted by atomic mass is 19.1. The number of nitrogens with one attached hydrogen (secondary N) is 1. The van der Waals surface area contributed by atoms with Crippen LogP contribution in [0.15, 0.2) is 42.5 Å². The zero-order valence-corrected chi connectivity index (χ0v) is 13.6. The second kappa shape index (κ2) is 8.32. The number of carbonyl (C=O) groups excluding carboxylic acids is 2. The van der Waals surface area contributed by atoms with Gasteiger partial charge in [-0.2, -0.15) is 0 Å². The molecule has 0 radical (unpaired) electrons. The van der Waals surface area contributed by atoms with Crippen LogP contribution in [0.3, 0.4) is 0 Å². The molecule has 0 aromatic heterocycles. The summed E-state index contributed by atoms with van der Waals surface area (Å²) < 4.78 is 39.9. The average Bonchev–Trinajstić information content (AvgIpc) is 2.52. The van der Waals surface area contributed by atoms with Gasteiger partial charge in [0.15, 0.2) is 0 Å². The van der Waals surface area contributed by atoms with Gasteiger partial charge in [0.05, 0.1) is 12.1 Å². The number of amides is 2. The Kier molecular flexibility index (Phi) is 6.16. The first-order chi connectivity index (χ1) is 11.9. The minimum absolute atomic E-state index is 0.0112. The van der Waals surface area contributed by atoms with Crippen LogP contribution in [0.1, 0.15) is 12.5 Å². The van der Waals surface area contributed by atoms with Gasteiger partial charge in [-0.25, -0.2) is 13.2 Å². The van der Waals surface area contributed by atoms with Crippen molar-refractivity contribution in [2.24, 2.45) is 0 Å². The van der Waals surface area contributed by atoms with E-state index >= 15 is 0 Å². The smallest absolute Gasteiger partial charge is 0.224 e. The second-order valence-corrected chi connectivity index (χ2v) is 5.42. The lowest BCUT2D eigenvalue weighted by Gasteiger charge is -2.22. The maximum Gasteiger partial charge on any atom is 0.224 e. The molecule has 0 fully saturated rings. The van der Waals surface area contributed by atoms with Crippen molar-refractivity contribution >= 4 is 17.5 Å². The van der Waals surface area contributed by atoms with Crippen molar-refractivity contribution in [1.29, 1.82) is 0 Å². The van der Waals surface area contributed by atoms with Crippen LogP contribution >= 0.6 is 0 Å². The SMILES string of the molecule is CC(=O)N(CCNC(=O)Cc1cccc(F)c1)c1ccc(F)cc1F. The van der Waals surface area contributed by atoms with Crippen LogP contribution in [0.25, 0.3) is 0 Å². The predicted molar refractivity (Wildman–Crippen MR) is 87.5 cm³/mol. The third-order valence-corrected chi connectivity index (χ3v) is 3.49. The molecule has 0 aliphatic rings. The predicted octanol–water partition coefficient (Wildman–Crippen LogP) is 2.82. The molecule has 2 rings (SSSR count). The molecule has 0 bridgehead atoms. The van der Waals surface area contributed by atoms with E-state index in [1.54, 1.807) is 6.07 Å². The van der Waals surface area contributed by atoms with Gasteiger partial charge in [-0.3, -0.25) is 9.59 Å². The van der Waals surface area contributed by atoms with Crippen molar-refractivity contribution < 1.29 is 22.8 Å². The van der Waals surface area contributed by atoms with Crippen LogP contribution in [0, 0.1) is 17.5 Å². The van der Waals surface area contributed by atoms with Gasteiger partial charge in [0.2, 0.25) is 11.8 Å². The zero-order valence-electron chi connectivity index (χ0n) is 13.6. The average molecular weight is 350 g/mol. The first-order valence-electron chi connectivity index (χ1n) is 7.61. The molecule has 132 valence electrons. The summed E-state index contributed by atoms with van der Waals surface area (Å²) in [4.78, 5) is 24.7. The van der Waals surface area contributed by atoms with E-state index in [0.717, 1.165) is 11.0 Å². The van der Waals surface area contributed by atoms with Crippen LogP contribution in [0.4, 0.5) is 18.9 Å². The molecule has 0 aliphatic carbocycles. The monoisotopic (exact) mass is 350 g/mol. The normalized spacial score (nSPS) is 10.4. The first-order valence-corrected chi connectivity index (χ1v) is 7.61. The molecular weight excluding hydrogens is 333 g/mol. The van der Waals surface area contributed by atoms with Gasteiger partial charge in [-0.05, 0) is 29.8 Å². The van der Waals surface area contributed by atoms with Crippen LogP contribution in [0.5, 0.6) is 0 Å². The van der Waals surface area contributed by atoms with Gasteiger partial charge in [0.1, 0.15) is 17.5 Å². The minimum atomic E-state index is -0.860. The Balaban J connectivity index is 1.93. The molecular formula is C18H17F3N2O2. The molecule has 25 heavy (non-hydrogen) atoms. The number of benzene rings is 2. The lowest BCUT2D eigenvalue weighted by molar-refractivity contribution is -0.121. The molecule has 0 unspecified atom stereocenters. The number of rotatable bonds is 6. The van der Waals surface area contributed by atoms with Crippen LogP contribution < -0.4 is 10.2 Å². The van der Waals surface area contributed by atoms with Crippen molar-refractivity contribution in [2.75, 3.05) is 18.0 Å². The number of hydrogen-bond donors (Lipinski definition) is 1. The van der Waals surface area contributed by atoms with E-state index in [4.69, 9.17) is 0 Å². The summed E-state index contributed by atoms with van der Waals surface area (Å²) in [6.07, 6.45) is -0.0112. The van der Waals surface area contributed by atoms with Gasteiger partial charge in [-0.1, -0.05) is 12.1 Å². The summed E-state index contributed by atoms with van der Waals surface area (Å²) in [7, 11) is 0. The van der Waals surface area contributed by atoms with Crippen molar-refractivity contribution in [3.8, 4) is 0 Å². The highest BCUT2D eigenvalue weighted by molar-refractivity contribution is 5.91. The van der Waals surface area contributed by atoms with E-state index in [-0.39, 0.29) is 31.1 Å². The zero-order chi connectivity index (χ0) is 18.4. The number of halogens is 3. The standard InChI is InChI=1S/C18H17F3N2O2/c1-12(24)23(17-6-5-15(20)11-16(17)21)8-7-22-18(25)10-13-3-2-4-14(19)9-13/h2-6,9,11H,7-8,10H2,1H3,(H,22,25).